The van der Waals surface area contributed by atoms with Gasteiger partial charge in [0.05, 0.1) is 19.8 Å². The van der Waals surface area contributed by atoms with Crippen LogP contribution in [0.3, 0.4) is 0 Å². The first-order valence-corrected chi connectivity index (χ1v) is 9.29. The Hall–Kier alpha value is -1.34. The van der Waals surface area contributed by atoms with Gasteiger partial charge in [-0.3, -0.25) is 14.7 Å². The summed E-state index contributed by atoms with van der Waals surface area (Å²) in [5.41, 5.74) is 0. The Labute approximate surface area is 145 Å². The molecular weight excluding hydrogens is 306 g/mol. The van der Waals surface area contributed by atoms with Gasteiger partial charge in [0, 0.05) is 52.9 Å². The Morgan fingerprint density at radius 1 is 1.08 bits per heavy atom. The lowest BCUT2D eigenvalue weighted by Crippen LogP contribution is -2.55. The lowest BCUT2D eigenvalue weighted by Gasteiger charge is -2.37. The predicted molar refractivity (Wildman–Crippen MR) is 94.1 cm³/mol. The maximum absolute atomic E-state index is 12.3. The van der Waals surface area contributed by atoms with E-state index in [9.17, 15) is 4.79 Å². The molecule has 0 bridgehead atoms. The van der Waals surface area contributed by atoms with E-state index in [1.54, 1.807) is 0 Å². The molecule has 0 aromatic rings. The lowest BCUT2D eigenvalue weighted by molar-refractivity contribution is -0.136. The summed E-state index contributed by atoms with van der Waals surface area (Å²) >= 11 is 0. The van der Waals surface area contributed by atoms with Gasteiger partial charge < -0.3 is 19.9 Å². The number of carbonyl (C=O) groups excluding carboxylic acids is 1. The molecule has 0 unspecified atom stereocenters. The topological polar surface area (TPSA) is 60.4 Å². The fourth-order valence-corrected chi connectivity index (χ4v) is 3.35. The van der Waals surface area contributed by atoms with Crippen molar-refractivity contribution in [1.29, 1.82) is 0 Å². The van der Waals surface area contributed by atoms with Crippen LogP contribution in [0.2, 0.25) is 0 Å². The molecule has 7 heteroatoms. The normalized spacial score (nSPS) is 23.5. The number of guanidine groups is 1. The maximum atomic E-state index is 12.3. The van der Waals surface area contributed by atoms with Crippen LogP contribution >= 0.6 is 0 Å². The second-order valence-electron chi connectivity index (χ2n) is 6.96. The third kappa shape index (κ3) is 5.08. The van der Waals surface area contributed by atoms with Crippen molar-refractivity contribution in [3.05, 3.63) is 0 Å². The Morgan fingerprint density at radius 2 is 1.79 bits per heavy atom. The van der Waals surface area contributed by atoms with Crippen molar-refractivity contribution in [3.63, 3.8) is 0 Å². The van der Waals surface area contributed by atoms with Crippen molar-refractivity contribution in [1.82, 2.24) is 20.0 Å². The molecule has 24 heavy (non-hydrogen) atoms. The molecule has 1 N–H and O–H groups in total. The SMILES string of the molecule is CN=C(NCCC1CC1)N1CCN(CC(=O)N2CCOCC2)CC1. The fourth-order valence-electron chi connectivity index (χ4n) is 3.35. The molecule has 2 heterocycles. The quantitative estimate of drug-likeness (QED) is 0.558. The Kier molecular flexibility index (Phi) is 6.31. The number of morpholine rings is 1. The van der Waals surface area contributed by atoms with Gasteiger partial charge in [0.1, 0.15) is 0 Å². The van der Waals surface area contributed by atoms with Gasteiger partial charge >= 0.3 is 0 Å². The minimum absolute atomic E-state index is 0.235. The van der Waals surface area contributed by atoms with Crippen LogP contribution < -0.4 is 5.32 Å². The third-order valence-electron chi connectivity index (χ3n) is 5.14. The highest BCUT2D eigenvalue weighted by molar-refractivity contribution is 5.80. The minimum Gasteiger partial charge on any atom is -0.378 e. The van der Waals surface area contributed by atoms with Crippen molar-refractivity contribution in [3.8, 4) is 0 Å². The second-order valence-corrected chi connectivity index (χ2v) is 6.96. The van der Waals surface area contributed by atoms with E-state index in [0.29, 0.717) is 19.8 Å². The highest BCUT2D eigenvalue weighted by Gasteiger charge is 2.25. The number of nitrogens with zero attached hydrogens (tertiary/aromatic N) is 4. The number of ether oxygens (including phenoxy) is 1. The number of aliphatic imine (C=N–C) groups is 1. The van der Waals surface area contributed by atoms with E-state index in [2.05, 4.69) is 20.1 Å². The van der Waals surface area contributed by atoms with Crippen LogP contribution in [0.4, 0.5) is 0 Å². The van der Waals surface area contributed by atoms with Crippen LogP contribution in [0.25, 0.3) is 0 Å². The zero-order valence-electron chi connectivity index (χ0n) is 14.9. The van der Waals surface area contributed by atoms with Crippen LogP contribution in [0, 0.1) is 5.92 Å². The Bertz CT molecular complexity index is 438. The molecule has 0 aromatic heterocycles. The van der Waals surface area contributed by atoms with E-state index in [-0.39, 0.29) is 5.91 Å². The smallest absolute Gasteiger partial charge is 0.236 e. The molecule has 3 aliphatic rings. The highest BCUT2D eigenvalue weighted by atomic mass is 16.5. The van der Waals surface area contributed by atoms with Gasteiger partial charge in [-0.15, -0.1) is 0 Å². The molecule has 3 fully saturated rings. The predicted octanol–water partition coefficient (Wildman–Crippen LogP) is -0.162. The van der Waals surface area contributed by atoms with Gasteiger partial charge in [0.25, 0.3) is 0 Å². The Balaban J connectivity index is 1.36. The highest BCUT2D eigenvalue weighted by Crippen LogP contribution is 2.31. The molecule has 136 valence electrons. The minimum atomic E-state index is 0.235. The molecule has 2 saturated heterocycles. The summed E-state index contributed by atoms with van der Waals surface area (Å²) in [4.78, 5) is 23.2. The van der Waals surface area contributed by atoms with Crippen LogP contribution in [0.1, 0.15) is 19.3 Å². The van der Waals surface area contributed by atoms with Gasteiger partial charge in [0.15, 0.2) is 5.96 Å². The van der Waals surface area contributed by atoms with Gasteiger partial charge in [0.2, 0.25) is 5.91 Å². The first-order chi connectivity index (χ1) is 11.8. The fraction of sp³-hybridized carbons (Fsp3) is 0.882. The number of rotatable bonds is 5. The van der Waals surface area contributed by atoms with Crippen LogP contribution in [-0.2, 0) is 9.53 Å². The monoisotopic (exact) mass is 337 g/mol. The van der Waals surface area contributed by atoms with Crippen LogP contribution in [0.5, 0.6) is 0 Å². The van der Waals surface area contributed by atoms with E-state index >= 15 is 0 Å². The molecule has 7 nitrogen and oxygen atoms in total. The molecular formula is C17H31N5O2. The number of amides is 1. The molecule has 3 rings (SSSR count). The maximum Gasteiger partial charge on any atom is 0.236 e. The molecule has 0 aromatic carbocycles. The molecule has 0 radical (unpaired) electrons. The van der Waals surface area contributed by atoms with E-state index in [1.807, 2.05) is 11.9 Å². The number of hydrogen-bond acceptors (Lipinski definition) is 4. The molecule has 2 aliphatic heterocycles. The van der Waals surface area contributed by atoms with E-state index in [0.717, 1.165) is 57.7 Å². The van der Waals surface area contributed by atoms with Crippen molar-refractivity contribution < 1.29 is 9.53 Å². The van der Waals surface area contributed by atoms with Crippen LogP contribution in [0.15, 0.2) is 4.99 Å². The molecule has 0 spiro atoms. The van der Waals surface area contributed by atoms with Gasteiger partial charge in [-0.2, -0.15) is 0 Å². The van der Waals surface area contributed by atoms with Gasteiger partial charge in [-0.1, -0.05) is 12.8 Å². The standard InChI is InChI=1S/C17H31N5O2/c1-18-17(19-5-4-15-2-3-15)22-8-6-20(7-9-22)14-16(23)21-10-12-24-13-11-21/h15H,2-14H2,1H3,(H,18,19). The first kappa shape index (κ1) is 17.5. The van der Waals surface area contributed by atoms with E-state index in [4.69, 9.17) is 4.74 Å². The Morgan fingerprint density at radius 3 is 2.42 bits per heavy atom. The molecule has 1 aliphatic carbocycles. The second kappa shape index (κ2) is 8.67. The van der Waals surface area contributed by atoms with Crippen LogP contribution in [-0.4, -0.2) is 99.2 Å². The number of carbonyl (C=O) groups is 1. The van der Waals surface area contributed by atoms with E-state index < -0.39 is 0 Å². The third-order valence-corrected chi connectivity index (χ3v) is 5.14. The lowest BCUT2D eigenvalue weighted by atomic mass is 10.3. The average molecular weight is 337 g/mol. The molecule has 0 atom stereocenters. The average Bonchev–Trinajstić information content (AvgIpc) is 3.45. The van der Waals surface area contributed by atoms with Crippen molar-refractivity contribution in [2.24, 2.45) is 10.9 Å². The summed E-state index contributed by atoms with van der Waals surface area (Å²) in [6, 6.07) is 0. The zero-order valence-corrected chi connectivity index (χ0v) is 14.9. The first-order valence-electron chi connectivity index (χ1n) is 9.29. The van der Waals surface area contributed by atoms with Crippen molar-refractivity contribution in [2.45, 2.75) is 19.3 Å². The molecule has 1 saturated carbocycles. The summed E-state index contributed by atoms with van der Waals surface area (Å²) in [6.45, 7) is 8.05. The van der Waals surface area contributed by atoms with Crippen molar-refractivity contribution >= 4 is 11.9 Å². The summed E-state index contributed by atoms with van der Waals surface area (Å²) in [5, 5.41) is 3.49. The largest absolute Gasteiger partial charge is 0.378 e. The number of hydrogen-bond donors (Lipinski definition) is 1. The number of nitrogens with one attached hydrogen (secondary N) is 1. The number of piperazine rings is 1. The molecule has 1 amide bonds. The summed E-state index contributed by atoms with van der Waals surface area (Å²) in [7, 11) is 1.85. The van der Waals surface area contributed by atoms with Crippen molar-refractivity contribution in [2.75, 3.05) is 72.6 Å². The zero-order chi connectivity index (χ0) is 16.8. The summed E-state index contributed by atoms with van der Waals surface area (Å²) < 4.78 is 5.31. The van der Waals surface area contributed by atoms with Gasteiger partial charge in [-0.05, 0) is 12.3 Å². The summed E-state index contributed by atoms with van der Waals surface area (Å²) in [6.07, 6.45) is 4.05. The summed E-state index contributed by atoms with van der Waals surface area (Å²) in [5.74, 6) is 2.19. The van der Waals surface area contributed by atoms with Gasteiger partial charge in [-0.25, -0.2) is 0 Å². The van der Waals surface area contributed by atoms with E-state index in [1.165, 1.54) is 19.3 Å².